The SMILES string of the molecule is CC(=NNC(=O)C(O)c1ccccc1)c1ccco1. The smallest absolute Gasteiger partial charge is 0.273 e. The van der Waals surface area contributed by atoms with E-state index in [1.165, 1.54) is 6.26 Å². The monoisotopic (exact) mass is 258 g/mol. The molecule has 0 saturated heterocycles. The van der Waals surface area contributed by atoms with E-state index >= 15 is 0 Å². The van der Waals surface area contributed by atoms with Crippen LogP contribution < -0.4 is 5.43 Å². The average molecular weight is 258 g/mol. The van der Waals surface area contributed by atoms with Crippen LogP contribution in [0.15, 0.2) is 58.2 Å². The van der Waals surface area contributed by atoms with Gasteiger partial charge in [0.15, 0.2) is 6.10 Å². The number of hydrazone groups is 1. The molecule has 0 aliphatic carbocycles. The highest BCUT2D eigenvalue weighted by molar-refractivity contribution is 5.97. The Morgan fingerprint density at radius 3 is 2.63 bits per heavy atom. The van der Waals surface area contributed by atoms with E-state index < -0.39 is 12.0 Å². The topological polar surface area (TPSA) is 74.8 Å². The van der Waals surface area contributed by atoms with Crippen molar-refractivity contribution in [1.29, 1.82) is 0 Å². The maximum atomic E-state index is 11.7. The second-order valence-electron chi connectivity index (χ2n) is 3.96. The molecule has 2 N–H and O–H groups in total. The third-order valence-corrected chi connectivity index (χ3v) is 2.58. The van der Waals surface area contributed by atoms with Gasteiger partial charge in [-0.2, -0.15) is 5.10 Å². The van der Waals surface area contributed by atoms with Gasteiger partial charge in [0.1, 0.15) is 11.5 Å². The first-order valence-electron chi connectivity index (χ1n) is 5.79. The van der Waals surface area contributed by atoms with E-state index in [0.29, 0.717) is 17.0 Å². The van der Waals surface area contributed by atoms with Gasteiger partial charge in [-0.25, -0.2) is 5.43 Å². The van der Waals surface area contributed by atoms with Crippen LogP contribution >= 0.6 is 0 Å². The summed E-state index contributed by atoms with van der Waals surface area (Å²) < 4.78 is 5.13. The first kappa shape index (κ1) is 13.0. The first-order chi connectivity index (χ1) is 9.18. The fourth-order valence-corrected chi connectivity index (χ4v) is 1.53. The van der Waals surface area contributed by atoms with Gasteiger partial charge in [-0.15, -0.1) is 0 Å². The molecule has 1 amide bonds. The maximum Gasteiger partial charge on any atom is 0.273 e. The van der Waals surface area contributed by atoms with Crippen LogP contribution in [0.4, 0.5) is 0 Å². The second kappa shape index (κ2) is 5.97. The largest absolute Gasteiger partial charge is 0.463 e. The molecule has 1 aromatic heterocycles. The predicted molar refractivity (Wildman–Crippen MR) is 70.5 cm³/mol. The van der Waals surface area contributed by atoms with Crippen molar-refractivity contribution in [3.8, 4) is 0 Å². The number of nitrogens with one attached hydrogen (secondary N) is 1. The van der Waals surface area contributed by atoms with Gasteiger partial charge in [0.25, 0.3) is 5.91 Å². The minimum Gasteiger partial charge on any atom is -0.463 e. The summed E-state index contributed by atoms with van der Waals surface area (Å²) in [5.74, 6) is -0.0217. The van der Waals surface area contributed by atoms with Gasteiger partial charge in [0.2, 0.25) is 0 Å². The van der Waals surface area contributed by atoms with Gasteiger partial charge in [-0.3, -0.25) is 4.79 Å². The lowest BCUT2D eigenvalue weighted by Gasteiger charge is -2.08. The molecule has 2 rings (SSSR count). The number of furan rings is 1. The molecule has 5 heteroatoms. The maximum absolute atomic E-state index is 11.7. The van der Waals surface area contributed by atoms with Crippen LogP contribution in [-0.2, 0) is 4.79 Å². The first-order valence-corrected chi connectivity index (χ1v) is 5.79. The summed E-state index contributed by atoms with van der Waals surface area (Å²) in [6.07, 6.45) is 0.281. The fraction of sp³-hybridized carbons (Fsp3) is 0.143. The highest BCUT2D eigenvalue weighted by atomic mass is 16.3. The molecule has 1 heterocycles. The highest BCUT2D eigenvalue weighted by Gasteiger charge is 2.16. The molecular formula is C14H14N2O3. The number of amides is 1. The summed E-state index contributed by atoms with van der Waals surface area (Å²) in [7, 11) is 0. The van der Waals surface area contributed by atoms with Crippen LogP contribution in [-0.4, -0.2) is 16.7 Å². The Hall–Kier alpha value is -2.40. The van der Waals surface area contributed by atoms with Gasteiger partial charge < -0.3 is 9.52 Å². The number of carbonyl (C=O) groups excluding carboxylic acids is 1. The average Bonchev–Trinajstić information content (AvgIpc) is 2.98. The standard InChI is InChI=1S/C14H14N2O3/c1-10(12-8-5-9-19-12)15-16-14(18)13(17)11-6-3-2-4-7-11/h2-9,13,17H,1H3,(H,16,18). The van der Waals surface area contributed by atoms with Crippen LogP contribution in [0, 0.1) is 0 Å². The van der Waals surface area contributed by atoms with Crippen LogP contribution in [0.1, 0.15) is 24.4 Å². The van der Waals surface area contributed by atoms with Crippen molar-refractivity contribution in [2.24, 2.45) is 5.10 Å². The Labute approximate surface area is 110 Å². The molecule has 0 saturated carbocycles. The summed E-state index contributed by atoms with van der Waals surface area (Å²) in [4.78, 5) is 11.7. The van der Waals surface area contributed by atoms with E-state index in [1.807, 2.05) is 6.07 Å². The molecule has 2 aromatic rings. The number of aliphatic hydroxyl groups excluding tert-OH is 1. The second-order valence-corrected chi connectivity index (χ2v) is 3.96. The van der Waals surface area contributed by atoms with Crippen LogP contribution in [0.25, 0.3) is 0 Å². The van der Waals surface area contributed by atoms with Crippen molar-refractivity contribution < 1.29 is 14.3 Å². The summed E-state index contributed by atoms with van der Waals surface area (Å²) in [5.41, 5.74) is 3.35. The zero-order valence-corrected chi connectivity index (χ0v) is 10.4. The van der Waals surface area contributed by atoms with Gasteiger partial charge in [0.05, 0.1) is 6.26 Å². The molecule has 1 aromatic carbocycles. The van der Waals surface area contributed by atoms with Crippen LogP contribution in [0.3, 0.4) is 0 Å². The van der Waals surface area contributed by atoms with E-state index in [0.717, 1.165) is 0 Å². The van der Waals surface area contributed by atoms with E-state index in [1.54, 1.807) is 43.3 Å². The molecule has 0 aliphatic heterocycles. The Kier molecular flexibility index (Phi) is 4.10. The molecule has 0 fully saturated rings. The normalized spacial score (nSPS) is 13.1. The molecular weight excluding hydrogens is 244 g/mol. The van der Waals surface area contributed by atoms with E-state index in [4.69, 9.17) is 4.42 Å². The lowest BCUT2D eigenvalue weighted by atomic mass is 10.1. The zero-order chi connectivity index (χ0) is 13.7. The van der Waals surface area contributed by atoms with Crippen LogP contribution in [0.5, 0.6) is 0 Å². The van der Waals surface area contributed by atoms with Crippen molar-refractivity contribution in [2.45, 2.75) is 13.0 Å². The molecule has 1 atom stereocenters. The number of rotatable bonds is 4. The molecule has 1 unspecified atom stereocenters. The van der Waals surface area contributed by atoms with Gasteiger partial charge in [-0.1, -0.05) is 30.3 Å². The predicted octanol–water partition coefficient (Wildman–Crippen LogP) is 1.85. The van der Waals surface area contributed by atoms with Gasteiger partial charge in [0, 0.05) is 0 Å². The van der Waals surface area contributed by atoms with Crippen molar-refractivity contribution in [2.75, 3.05) is 0 Å². The third kappa shape index (κ3) is 3.29. The van der Waals surface area contributed by atoms with E-state index in [-0.39, 0.29) is 0 Å². The Bertz CT molecular complexity index is 562. The van der Waals surface area contributed by atoms with Crippen molar-refractivity contribution in [3.05, 3.63) is 60.1 Å². The van der Waals surface area contributed by atoms with E-state index in [2.05, 4.69) is 10.5 Å². The minimum atomic E-state index is -1.24. The number of nitrogens with zero attached hydrogens (tertiary/aromatic N) is 1. The number of carbonyl (C=O) groups is 1. The van der Waals surface area contributed by atoms with Crippen LogP contribution in [0.2, 0.25) is 0 Å². The quantitative estimate of drug-likeness (QED) is 0.649. The molecule has 98 valence electrons. The number of hydrogen-bond acceptors (Lipinski definition) is 4. The summed E-state index contributed by atoms with van der Waals surface area (Å²) >= 11 is 0. The summed E-state index contributed by atoms with van der Waals surface area (Å²) in [6.45, 7) is 1.70. The van der Waals surface area contributed by atoms with Crippen molar-refractivity contribution >= 4 is 11.6 Å². The van der Waals surface area contributed by atoms with Gasteiger partial charge >= 0.3 is 0 Å². The van der Waals surface area contributed by atoms with Crippen molar-refractivity contribution in [3.63, 3.8) is 0 Å². The number of benzene rings is 1. The molecule has 0 bridgehead atoms. The molecule has 0 spiro atoms. The fourth-order valence-electron chi connectivity index (χ4n) is 1.53. The molecule has 5 nitrogen and oxygen atoms in total. The minimum absolute atomic E-state index is 0.519. The number of hydrogen-bond donors (Lipinski definition) is 2. The summed E-state index contributed by atoms with van der Waals surface area (Å²) in [6, 6.07) is 12.1. The van der Waals surface area contributed by atoms with E-state index in [9.17, 15) is 9.90 Å². The Balaban J connectivity index is 2.00. The third-order valence-electron chi connectivity index (χ3n) is 2.58. The lowest BCUT2D eigenvalue weighted by molar-refractivity contribution is -0.129. The van der Waals surface area contributed by atoms with Crippen molar-refractivity contribution in [1.82, 2.24) is 5.43 Å². The molecule has 0 radical (unpaired) electrons. The summed E-state index contributed by atoms with van der Waals surface area (Å²) in [5, 5.41) is 13.7. The highest BCUT2D eigenvalue weighted by Crippen LogP contribution is 2.11. The van der Waals surface area contributed by atoms with Gasteiger partial charge in [-0.05, 0) is 24.6 Å². The molecule has 0 aliphatic rings. The lowest BCUT2D eigenvalue weighted by Crippen LogP contribution is -2.26. The zero-order valence-electron chi connectivity index (χ0n) is 10.4. The Morgan fingerprint density at radius 1 is 1.26 bits per heavy atom. The Morgan fingerprint density at radius 2 is 2.00 bits per heavy atom. The number of aliphatic hydroxyl groups is 1. The molecule has 19 heavy (non-hydrogen) atoms.